The second kappa shape index (κ2) is 11.4. The molecule has 7 nitrogen and oxygen atoms in total. The number of amides is 2. The van der Waals surface area contributed by atoms with Gasteiger partial charge in [0, 0.05) is 19.0 Å². The summed E-state index contributed by atoms with van der Waals surface area (Å²) in [6.45, 7) is 2.76. The lowest BCUT2D eigenvalue weighted by atomic mass is 9.95. The van der Waals surface area contributed by atoms with Crippen molar-refractivity contribution >= 4 is 18.0 Å². The van der Waals surface area contributed by atoms with Gasteiger partial charge in [-0.1, -0.05) is 68.3 Å². The number of ether oxygens (including phenoxy) is 1. The predicted molar refractivity (Wildman–Crippen MR) is 133 cm³/mol. The van der Waals surface area contributed by atoms with Crippen LogP contribution in [0.4, 0.5) is 4.79 Å². The number of hydrogen-bond acceptors (Lipinski definition) is 4. The number of rotatable bonds is 10. The van der Waals surface area contributed by atoms with Crippen molar-refractivity contribution < 1.29 is 24.2 Å². The standard InChI is InChI=1S/C28H34N2O5/c1-2-8-19(26(31)29-15-18-9-7-14-20(18)27(32)33)16-30-28(34)35-17-25-23-12-5-3-10-21(23)22-11-4-6-13-24(22)25/h3-6,10-13,18-20,25H,2,7-9,14-17H2,1H3,(H,29,31)(H,30,34)(H,32,33)/t18-,19?,20-/m1/s1. The minimum absolute atomic E-state index is 0.0171. The Balaban J connectivity index is 1.28. The smallest absolute Gasteiger partial charge is 0.407 e. The van der Waals surface area contributed by atoms with Gasteiger partial charge in [0.2, 0.25) is 5.91 Å². The van der Waals surface area contributed by atoms with Crippen LogP contribution in [0.1, 0.15) is 56.1 Å². The third-order valence-corrected chi connectivity index (χ3v) is 7.36. The van der Waals surface area contributed by atoms with Gasteiger partial charge in [-0.2, -0.15) is 0 Å². The maximum absolute atomic E-state index is 12.8. The molecule has 2 aliphatic carbocycles. The molecular formula is C28H34N2O5. The van der Waals surface area contributed by atoms with Gasteiger partial charge in [0.1, 0.15) is 6.61 Å². The van der Waals surface area contributed by atoms with Crippen LogP contribution in [0.15, 0.2) is 48.5 Å². The molecule has 2 aromatic carbocycles. The Bertz CT molecular complexity index is 1020. The Morgan fingerprint density at radius 3 is 2.29 bits per heavy atom. The summed E-state index contributed by atoms with van der Waals surface area (Å²) in [5, 5.41) is 15.0. The van der Waals surface area contributed by atoms with Crippen LogP contribution in [0.5, 0.6) is 0 Å². The van der Waals surface area contributed by atoms with E-state index in [4.69, 9.17) is 4.74 Å². The van der Waals surface area contributed by atoms with Crippen molar-refractivity contribution in [1.29, 1.82) is 0 Å². The number of hydrogen-bond donors (Lipinski definition) is 3. The van der Waals surface area contributed by atoms with Crippen LogP contribution in [-0.4, -0.2) is 42.8 Å². The number of alkyl carbamates (subject to hydrolysis) is 1. The van der Waals surface area contributed by atoms with Crippen molar-refractivity contribution in [3.05, 3.63) is 59.7 Å². The Labute approximate surface area is 206 Å². The zero-order valence-corrected chi connectivity index (χ0v) is 20.2. The van der Waals surface area contributed by atoms with E-state index in [1.165, 1.54) is 11.1 Å². The number of carbonyl (C=O) groups is 3. The highest BCUT2D eigenvalue weighted by molar-refractivity contribution is 5.80. The Morgan fingerprint density at radius 1 is 1.00 bits per heavy atom. The molecule has 1 unspecified atom stereocenters. The largest absolute Gasteiger partial charge is 0.481 e. The van der Waals surface area contributed by atoms with Gasteiger partial charge < -0.3 is 20.5 Å². The number of benzene rings is 2. The molecule has 0 saturated heterocycles. The maximum Gasteiger partial charge on any atom is 0.407 e. The molecule has 3 atom stereocenters. The quantitative estimate of drug-likeness (QED) is 0.464. The summed E-state index contributed by atoms with van der Waals surface area (Å²) in [7, 11) is 0. The Hall–Kier alpha value is -3.35. The molecule has 1 fully saturated rings. The molecule has 0 spiro atoms. The summed E-state index contributed by atoms with van der Waals surface area (Å²) >= 11 is 0. The van der Waals surface area contributed by atoms with Gasteiger partial charge in [-0.25, -0.2) is 4.79 Å². The van der Waals surface area contributed by atoms with Crippen molar-refractivity contribution in [2.75, 3.05) is 19.7 Å². The molecule has 3 N–H and O–H groups in total. The molecule has 0 bridgehead atoms. The molecule has 186 valence electrons. The van der Waals surface area contributed by atoms with E-state index in [0.717, 1.165) is 30.4 Å². The van der Waals surface area contributed by atoms with Crippen molar-refractivity contribution in [2.45, 2.75) is 44.9 Å². The van der Waals surface area contributed by atoms with E-state index in [1.54, 1.807) is 0 Å². The minimum atomic E-state index is -0.788. The van der Waals surface area contributed by atoms with Gasteiger partial charge in [0.25, 0.3) is 0 Å². The van der Waals surface area contributed by atoms with Crippen molar-refractivity contribution in [3.8, 4) is 11.1 Å². The first kappa shape index (κ1) is 24.8. The molecule has 0 heterocycles. The molecule has 35 heavy (non-hydrogen) atoms. The third-order valence-electron chi connectivity index (χ3n) is 7.36. The molecule has 1 saturated carbocycles. The SMILES string of the molecule is CCCC(CNC(=O)OCC1c2ccccc2-c2ccccc21)C(=O)NC[C@H]1CCC[C@H]1C(=O)O. The monoisotopic (exact) mass is 478 g/mol. The molecule has 7 heteroatoms. The zero-order chi connectivity index (χ0) is 24.8. The van der Waals surface area contributed by atoms with Gasteiger partial charge in [-0.3, -0.25) is 9.59 Å². The Kier molecular flexibility index (Phi) is 8.06. The van der Waals surface area contributed by atoms with E-state index in [9.17, 15) is 19.5 Å². The molecule has 0 aliphatic heterocycles. The molecule has 2 amide bonds. The highest BCUT2D eigenvalue weighted by atomic mass is 16.5. The second-order valence-electron chi connectivity index (χ2n) is 9.57. The lowest BCUT2D eigenvalue weighted by molar-refractivity contribution is -0.143. The molecule has 2 aliphatic rings. The van der Waals surface area contributed by atoms with Crippen molar-refractivity contribution in [1.82, 2.24) is 10.6 Å². The fourth-order valence-electron chi connectivity index (χ4n) is 5.51. The first-order valence-corrected chi connectivity index (χ1v) is 12.6. The molecule has 0 radical (unpaired) electrons. The number of carboxylic acids is 1. The summed E-state index contributed by atoms with van der Waals surface area (Å²) < 4.78 is 5.58. The zero-order valence-electron chi connectivity index (χ0n) is 20.2. The summed E-state index contributed by atoms with van der Waals surface area (Å²) in [5.74, 6) is -1.76. The lowest BCUT2D eigenvalue weighted by Gasteiger charge is -2.21. The number of nitrogens with one attached hydrogen (secondary N) is 2. The first-order chi connectivity index (χ1) is 17.0. The van der Waals surface area contributed by atoms with Crippen molar-refractivity contribution in [2.24, 2.45) is 17.8 Å². The van der Waals surface area contributed by atoms with E-state index in [0.29, 0.717) is 19.4 Å². The molecule has 2 aromatic rings. The van der Waals surface area contributed by atoms with Crippen LogP contribution in [0.2, 0.25) is 0 Å². The summed E-state index contributed by atoms with van der Waals surface area (Å²) in [4.78, 5) is 36.7. The van der Waals surface area contributed by atoms with Gasteiger partial charge in [-0.15, -0.1) is 0 Å². The molecule has 0 aromatic heterocycles. The minimum Gasteiger partial charge on any atom is -0.481 e. The van der Waals surface area contributed by atoms with Crippen LogP contribution in [0.25, 0.3) is 11.1 Å². The number of carbonyl (C=O) groups excluding carboxylic acids is 2. The average Bonchev–Trinajstić information content (AvgIpc) is 3.47. The second-order valence-corrected chi connectivity index (χ2v) is 9.57. The topological polar surface area (TPSA) is 105 Å². The summed E-state index contributed by atoms with van der Waals surface area (Å²) in [6, 6.07) is 16.3. The van der Waals surface area contributed by atoms with E-state index < -0.39 is 12.1 Å². The van der Waals surface area contributed by atoms with Crippen LogP contribution in [-0.2, 0) is 14.3 Å². The highest BCUT2D eigenvalue weighted by Crippen LogP contribution is 2.44. The van der Waals surface area contributed by atoms with E-state index in [1.807, 2.05) is 31.2 Å². The predicted octanol–water partition coefficient (Wildman–Crippen LogP) is 4.56. The molecule has 4 rings (SSSR count). The highest BCUT2D eigenvalue weighted by Gasteiger charge is 2.33. The van der Waals surface area contributed by atoms with Crippen LogP contribution >= 0.6 is 0 Å². The lowest BCUT2D eigenvalue weighted by Crippen LogP contribution is -2.41. The van der Waals surface area contributed by atoms with Crippen LogP contribution in [0.3, 0.4) is 0 Å². The van der Waals surface area contributed by atoms with Gasteiger partial charge >= 0.3 is 12.1 Å². The summed E-state index contributed by atoms with van der Waals surface area (Å²) in [5.41, 5.74) is 4.64. The maximum atomic E-state index is 12.8. The number of fused-ring (bicyclic) bond motifs is 3. The normalized spacial score (nSPS) is 19.5. The summed E-state index contributed by atoms with van der Waals surface area (Å²) in [6.07, 6.45) is 3.24. The van der Waals surface area contributed by atoms with Gasteiger partial charge in [-0.05, 0) is 47.4 Å². The average molecular weight is 479 g/mol. The van der Waals surface area contributed by atoms with Crippen LogP contribution in [0, 0.1) is 17.8 Å². The fourth-order valence-corrected chi connectivity index (χ4v) is 5.51. The number of aliphatic carboxylic acids is 1. The van der Waals surface area contributed by atoms with E-state index in [-0.39, 0.29) is 42.7 Å². The van der Waals surface area contributed by atoms with E-state index >= 15 is 0 Å². The van der Waals surface area contributed by atoms with Gasteiger partial charge in [0.05, 0.1) is 11.8 Å². The number of carboxylic acid groups (broad SMARTS) is 1. The fraction of sp³-hybridized carbons (Fsp3) is 0.464. The van der Waals surface area contributed by atoms with Crippen molar-refractivity contribution in [3.63, 3.8) is 0 Å². The van der Waals surface area contributed by atoms with E-state index in [2.05, 4.69) is 34.9 Å². The first-order valence-electron chi connectivity index (χ1n) is 12.6. The van der Waals surface area contributed by atoms with Gasteiger partial charge in [0.15, 0.2) is 0 Å². The van der Waals surface area contributed by atoms with Crippen LogP contribution < -0.4 is 10.6 Å². The third kappa shape index (κ3) is 5.66. The Morgan fingerprint density at radius 2 is 1.66 bits per heavy atom. The molecular weight excluding hydrogens is 444 g/mol.